The van der Waals surface area contributed by atoms with Gasteiger partial charge in [-0.3, -0.25) is 0 Å². The van der Waals surface area contributed by atoms with E-state index in [1.165, 1.54) is 6.07 Å². The maximum atomic E-state index is 12.5. The summed E-state index contributed by atoms with van der Waals surface area (Å²) in [4.78, 5) is 1.77. The van der Waals surface area contributed by atoms with Gasteiger partial charge in [0.1, 0.15) is 0 Å². The van der Waals surface area contributed by atoms with Crippen molar-refractivity contribution < 1.29 is 16.8 Å². The van der Waals surface area contributed by atoms with E-state index in [4.69, 9.17) is 5.73 Å². The predicted molar refractivity (Wildman–Crippen MR) is 91.4 cm³/mol. The molecule has 0 amide bonds. The van der Waals surface area contributed by atoms with Gasteiger partial charge in [0.05, 0.1) is 10.6 Å². The molecule has 0 radical (unpaired) electrons. The summed E-state index contributed by atoms with van der Waals surface area (Å²) < 4.78 is 50.2. The first-order valence-electron chi connectivity index (χ1n) is 6.83. The Labute approximate surface area is 136 Å². The molecule has 0 aliphatic carbocycles. The number of fused-ring (bicyclic) bond motifs is 1. The number of nitrogens with two attached hydrogens (primary N) is 1. The minimum atomic E-state index is -4.22. The average molecular weight is 357 g/mol. The first kappa shape index (κ1) is 17.7. The molecular formula is C14H19N3O4S2. The second-order valence-electron chi connectivity index (χ2n) is 5.22. The van der Waals surface area contributed by atoms with Crippen molar-refractivity contribution in [2.45, 2.75) is 4.90 Å². The van der Waals surface area contributed by atoms with Crippen molar-refractivity contribution in [3.63, 3.8) is 0 Å². The third-order valence-electron chi connectivity index (χ3n) is 3.25. The molecule has 0 unspecified atom stereocenters. The third kappa shape index (κ3) is 3.81. The monoisotopic (exact) mass is 357 g/mol. The number of nitrogens with zero attached hydrogens (tertiary/aromatic N) is 1. The minimum Gasteiger partial charge on any atom is -0.377 e. The normalized spacial score (nSPS) is 12.5. The summed E-state index contributed by atoms with van der Waals surface area (Å²) in [6.45, 7) is -0.162. The Morgan fingerprint density at radius 2 is 1.61 bits per heavy atom. The Hall–Kier alpha value is -1.68. The van der Waals surface area contributed by atoms with Gasteiger partial charge in [0, 0.05) is 37.1 Å². The lowest BCUT2D eigenvalue weighted by atomic mass is 10.1. The molecule has 0 aliphatic heterocycles. The number of sulfonamides is 2. The summed E-state index contributed by atoms with van der Waals surface area (Å²) in [6, 6.07) is 9.98. The molecule has 0 aromatic heterocycles. The molecule has 7 nitrogen and oxygen atoms in total. The SMILES string of the molecule is CN(C)c1cccc2c(S(=O)(=O)NS(=O)(=O)CCN)cccc12. The van der Waals surface area contributed by atoms with E-state index in [2.05, 4.69) is 0 Å². The zero-order chi connectivity index (χ0) is 17.3. The lowest BCUT2D eigenvalue weighted by molar-refractivity contribution is 0.577. The van der Waals surface area contributed by atoms with Gasteiger partial charge in [-0.25, -0.2) is 16.8 Å². The molecule has 0 spiro atoms. The maximum Gasteiger partial charge on any atom is 0.254 e. The van der Waals surface area contributed by atoms with Gasteiger partial charge in [-0.2, -0.15) is 0 Å². The number of nitrogens with one attached hydrogen (secondary N) is 1. The van der Waals surface area contributed by atoms with Crippen molar-refractivity contribution in [3.8, 4) is 0 Å². The molecule has 0 heterocycles. The van der Waals surface area contributed by atoms with Crippen molar-refractivity contribution in [2.75, 3.05) is 31.3 Å². The summed E-state index contributed by atoms with van der Waals surface area (Å²) in [5.41, 5.74) is 6.03. The maximum absolute atomic E-state index is 12.5. The molecule has 0 atom stereocenters. The van der Waals surface area contributed by atoms with Crippen LogP contribution in [0.5, 0.6) is 0 Å². The lowest BCUT2D eigenvalue weighted by Gasteiger charge is -2.17. The van der Waals surface area contributed by atoms with E-state index in [-0.39, 0.29) is 11.4 Å². The molecule has 2 aromatic rings. The molecule has 0 fully saturated rings. The summed E-state index contributed by atoms with van der Waals surface area (Å²) in [5, 5.41) is 1.17. The van der Waals surface area contributed by atoms with Gasteiger partial charge in [0.2, 0.25) is 10.0 Å². The molecule has 3 N–H and O–H groups in total. The number of hydrogen-bond donors (Lipinski definition) is 2. The van der Waals surface area contributed by atoms with Gasteiger partial charge in [0.25, 0.3) is 10.0 Å². The van der Waals surface area contributed by atoms with E-state index in [0.717, 1.165) is 11.1 Å². The van der Waals surface area contributed by atoms with Crippen LogP contribution in [0.2, 0.25) is 0 Å². The summed E-state index contributed by atoms with van der Waals surface area (Å²) in [7, 11) is -4.53. The quantitative estimate of drug-likeness (QED) is 0.778. The zero-order valence-corrected chi connectivity index (χ0v) is 14.5. The van der Waals surface area contributed by atoms with Gasteiger partial charge in [0.15, 0.2) is 0 Å². The highest BCUT2D eigenvalue weighted by molar-refractivity contribution is 8.04. The summed E-state index contributed by atoms with van der Waals surface area (Å²) in [5.74, 6) is -0.458. The Balaban J connectivity index is 2.62. The minimum absolute atomic E-state index is 0.0840. The molecule has 2 aromatic carbocycles. The van der Waals surface area contributed by atoms with E-state index >= 15 is 0 Å². The smallest absolute Gasteiger partial charge is 0.254 e. The molecule has 0 bridgehead atoms. The van der Waals surface area contributed by atoms with Crippen LogP contribution < -0.4 is 14.8 Å². The summed E-state index contributed by atoms with van der Waals surface area (Å²) >= 11 is 0. The Kier molecular flexibility index (Phi) is 4.95. The van der Waals surface area contributed by atoms with Crippen molar-refractivity contribution in [1.29, 1.82) is 0 Å². The highest BCUT2D eigenvalue weighted by atomic mass is 32.3. The van der Waals surface area contributed by atoms with Crippen LogP contribution in [0.1, 0.15) is 0 Å². The van der Waals surface area contributed by atoms with E-state index in [0.29, 0.717) is 5.39 Å². The van der Waals surface area contributed by atoms with Crippen LogP contribution in [0.25, 0.3) is 10.8 Å². The molecule has 126 valence electrons. The number of benzene rings is 2. The van der Waals surface area contributed by atoms with Crippen molar-refractivity contribution >= 4 is 36.5 Å². The second kappa shape index (κ2) is 6.44. The van der Waals surface area contributed by atoms with Gasteiger partial charge < -0.3 is 10.6 Å². The second-order valence-corrected chi connectivity index (χ2v) is 8.97. The number of hydrogen-bond acceptors (Lipinski definition) is 6. The fourth-order valence-electron chi connectivity index (χ4n) is 2.30. The van der Waals surface area contributed by atoms with E-state index in [1.54, 1.807) is 28.4 Å². The Bertz CT molecular complexity index is 922. The van der Waals surface area contributed by atoms with Crippen molar-refractivity contribution in [3.05, 3.63) is 36.4 Å². The van der Waals surface area contributed by atoms with Crippen LogP contribution in [0.4, 0.5) is 5.69 Å². The average Bonchev–Trinajstić information content (AvgIpc) is 2.44. The van der Waals surface area contributed by atoms with Gasteiger partial charge in [-0.15, -0.1) is 4.13 Å². The Morgan fingerprint density at radius 3 is 2.22 bits per heavy atom. The molecule has 23 heavy (non-hydrogen) atoms. The van der Waals surface area contributed by atoms with Gasteiger partial charge in [-0.05, 0) is 12.1 Å². The largest absolute Gasteiger partial charge is 0.377 e. The molecule has 0 saturated heterocycles. The van der Waals surface area contributed by atoms with E-state index in [1.807, 2.05) is 25.1 Å². The highest BCUT2D eigenvalue weighted by Gasteiger charge is 2.24. The van der Waals surface area contributed by atoms with E-state index in [9.17, 15) is 16.8 Å². The molecule has 0 saturated carbocycles. The molecule has 9 heteroatoms. The van der Waals surface area contributed by atoms with Crippen molar-refractivity contribution in [1.82, 2.24) is 4.13 Å². The molecule has 0 aliphatic rings. The summed E-state index contributed by atoms with van der Waals surface area (Å²) in [6.07, 6.45) is 0. The van der Waals surface area contributed by atoms with Gasteiger partial charge >= 0.3 is 0 Å². The first-order chi connectivity index (χ1) is 10.7. The first-order valence-corrected chi connectivity index (χ1v) is 9.97. The van der Waals surface area contributed by atoms with Gasteiger partial charge in [-0.1, -0.05) is 24.3 Å². The molecular weight excluding hydrogens is 338 g/mol. The van der Waals surface area contributed by atoms with Crippen LogP contribution in [-0.4, -0.2) is 43.2 Å². The number of rotatable bonds is 6. The fraction of sp³-hybridized carbons (Fsp3) is 0.286. The third-order valence-corrected chi connectivity index (χ3v) is 6.86. The number of anilines is 1. The zero-order valence-electron chi connectivity index (χ0n) is 12.9. The molecule has 2 rings (SSSR count). The topological polar surface area (TPSA) is 110 Å². The standard InChI is InChI=1S/C14H19N3O4S2/c1-17(2)13-7-3-6-12-11(13)5-4-8-14(12)23(20,21)16-22(18,19)10-9-15/h3-8,16H,9-10,15H2,1-2H3. The van der Waals surface area contributed by atoms with Crippen LogP contribution in [0.3, 0.4) is 0 Å². The van der Waals surface area contributed by atoms with Crippen LogP contribution in [0, 0.1) is 0 Å². The highest BCUT2D eigenvalue weighted by Crippen LogP contribution is 2.30. The predicted octanol–water partition coefficient (Wildman–Crippen LogP) is 0.473. The van der Waals surface area contributed by atoms with Crippen molar-refractivity contribution in [2.24, 2.45) is 5.73 Å². The Morgan fingerprint density at radius 1 is 1.00 bits per heavy atom. The van der Waals surface area contributed by atoms with Crippen LogP contribution in [-0.2, 0) is 20.0 Å². The fourth-order valence-corrected chi connectivity index (χ4v) is 5.36. The van der Waals surface area contributed by atoms with Crippen LogP contribution >= 0.6 is 0 Å². The van der Waals surface area contributed by atoms with Crippen LogP contribution in [0.15, 0.2) is 41.3 Å². The van der Waals surface area contributed by atoms with E-state index < -0.39 is 25.8 Å². The lowest BCUT2D eigenvalue weighted by Crippen LogP contribution is -2.34.